The molecule has 4 unspecified atom stereocenters. The molecule has 154 valence electrons. The highest BCUT2D eigenvalue weighted by Crippen LogP contribution is 2.19. The molecular formula is C17H26N6O5. The molecule has 3 amide bonds. The molecule has 0 radical (unpaired) electrons. The fourth-order valence-corrected chi connectivity index (χ4v) is 3.01. The van der Waals surface area contributed by atoms with Gasteiger partial charge in [-0.15, -0.1) is 0 Å². The van der Waals surface area contributed by atoms with E-state index in [0.29, 0.717) is 25.1 Å². The summed E-state index contributed by atoms with van der Waals surface area (Å²) < 4.78 is 0. The molecule has 0 spiro atoms. The largest absolute Gasteiger partial charge is 0.480 e. The van der Waals surface area contributed by atoms with Gasteiger partial charge in [-0.3, -0.25) is 14.4 Å². The first-order chi connectivity index (χ1) is 13.2. The van der Waals surface area contributed by atoms with Crippen molar-refractivity contribution in [2.24, 2.45) is 5.73 Å². The molecule has 6 N–H and O–H groups in total. The van der Waals surface area contributed by atoms with Gasteiger partial charge in [0.05, 0.1) is 12.4 Å². The van der Waals surface area contributed by atoms with Crippen molar-refractivity contribution in [1.29, 1.82) is 0 Å². The van der Waals surface area contributed by atoms with E-state index in [1.165, 1.54) is 31.3 Å². The van der Waals surface area contributed by atoms with Crippen molar-refractivity contribution >= 4 is 23.7 Å². The summed E-state index contributed by atoms with van der Waals surface area (Å²) in [5, 5.41) is 14.4. The number of aromatic amines is 1. The number of hydrogen-bond donors (Lipinski definition) is 5. The Morgan fingerprint density at radius 1 is 1.32 bits per heavy atom. The Morgan fingerprint density at radius 3 is 2.61 bits per heavy atom. The smallest absolute Gasteiger partial charge is 0.326 e. The molecule has 1 saturated heterocycles. The third-order valence-corrected chi connectivity index (χ3v) is 4.58. The number of hydrogen-bond acceptors (Lipinski definition) is 6. The second-order valence-corrected chi connectivity index (χ2v) is 6.89. The number of nitrogens with zero attached hydrogens (tertiary/aromatic N) is 2. The van der Waals surface area contributed by atoms with E-state index in [-0.39, 0.29) is 6.42 Å². The molecule has 1 fully saturated rings. The molecule has 28 heavy (non-hydrogen) atoms. The summed E-state index contributed by atoms with van der Waals surface area (Å²) in [6.45, 7) is 3.27. The number of carbonyl (C=O) groups excluding carboxylic acids is 3. The highest BCUT2D eigenvalue weighted by atomic mass is 16.4. The van der Waals surface area contributed by atoms with Crippen molar-refractivity contribution in [3.05, 3.63) is 18.2 Å². The first kappa shape index (κ1) is 21.4. The van der Waals surface area contributed by atoms with Gasteiger partial charge < -0.3 is 31.4 Å². The van der Waals surface area contributed by atoms with Gasteiger partial charge in [-0.25, -0.2) is 9.78 Å². The SMILES string of the molecule is CC(N)C(=O)NC(C)C(=O)NC(Cc1cnc[nH]1)C(=O)N1CCCC1C(=O)O. The third-order valence-electron chi connectivity index (χ3n) is 4.58. The van der Waals surface area contributed by atoms with Gasteiger partial charge in [-0.05, 0) is 26.7 Å². The number of nitrogens with one attached hydrogen (secondary N) is 3. The maximum atomic E-state index is 13.0. The summed E-state index contributed by atoms with van der Waals surface area (Å²) in [4.78, 5) is 56.6. The second kappa shape index (κ2) is 9.31. The van der Waals surface area contributed by atoms with Gasteiger partial charge in [0.1, 0.15) is 18.1 Å². The predicted molar refractivity (Wildman–Crippen MR) is 97.8 cm³/mol. The number of imidazole rings is 1. The number of H-pyrrole nitrogens is 1. The summed E-state index contributed by atoms with van der Waals surface area (Å²) in [6.07, 6.45) is 4.02. The lowest BCUT2D eigenvalue weighted by Gasteiger charge is -2.28. The normalized spacial score (nSPS) is 19.5. The summed E-state index contributed by atoms with van der Waals surface area (Å²) in [5.74, 6) is -2.63. The number of likely N-dealkylation sites (tertiary alicyclic amines) is 1. The van der Waals surface area contributed by atoms with Gasteiger partial charge in [0, 0.05) is 24.9 Å². The topological polar surface area (TPSA) is 171 Å². The second-order valence-electron chi connectivity index (χ2n) is 6.89. The van der Waals surface area contributed by atoms with Gasteiger partial charge in [-0.2, -0.15) is 0 Å². The molecule has 2 rings (SSSR count). The molecule has 0 aliphatic carbocycles. The zero-order chi connectivity index (χ0) is 20.8. The summed E-state index contributed by atoms with van der Waals surface area (Å²) in [6, 6.07) is -3.60. The minimum atomic E-state index is -1.07. The quantitative estimate of drug-likeness (QED) is 0.352. The maximum Gasteiger partial charge on any atom is 0.326 e. The highest BCUT2D eigenvalue weighted by molar-refractivity contribution is 5.94. The zero-order valence-corrected chi connectivity index (χ0v) is 15.8. The number of aliphatic carboxylic acids is 1. The van der Waals surface area contributed by atoms with Gasteiger partial charge in [0.15, 0.2) is 0 Å². The lowest BCUT2D eigenvalue weighted by atomic mass is 10.1. The molecule has 11 nitrogen and oxygen atoms in total. The van der Waals surface area contributed by atoms with Crippen LogP contribution in [0.5, 0.6) is 0 Å². The Kier molecular flexibility index (Phi) is 7.10. The third kappa shape index (κ3) is 5.28. The molecule has 0 saturated carbocycles. The molecular weight excluding hydrogens is 368 g/mol. The minimum absolute atomic E-state index is 0.112. The lowest BCUT2D eigenvalue weighted by Crippen LogP contribution is -2.56. The van der Waals surface area contributed by atoms with E-state index in [4.69, 9.17) is 5.73 Å². The van der Waals surface area contributed by atoms with Crippen molar-refractivity contribution in [2.45, 2.75) is 57.3 Å². The molecule has 4 atom stereocenters. The minimum Gasteiger partial charge on any atom is -0.480 e. The molecule has 0 aromatic carbocycles. The van der Waals surface area contributed by atoms with E-state index in [0.717, 1.165) is 0 Å². The van der Waals surface area contributed by atoms with E-state index >= 15 is 0 Å². The number of rotatable bonds is 8. The van der Waals surface area contributed by atoms with Crippen LogP contribution < -0.4 is 16.4 Å². The lowest BCUT2D eigenvalue weighted by molar-refractivity contribution is -0.149. The molecule has 11 heteroatoms. The van der Waals surface area contributed by atoms with Gasteiger partial charge in [0.2, 0.25) is 17.7 Å². The number of aromatic nitrogens is 2. The average molecular weight is 394 g/mol. The molecule has 2 heterocycles. The van der Waals surface area contributed by atoms with Gasteiger partial charge >= 0.3 is 5.97 Å². The number of carbonyl (C=O) groups is 4. The van der Waals surface area contributed by atoms with Crippen LogP contribution in [-0.2, 0) is 25.6 Å². The molecule has 1 aromatic rings. The van der Waals surface area contributed by atoms with E-state index in [1.807, 2.05) is 0 Å². The van der Waals surface area contributed by atoms with E-state index in [2.05, 4.69) is 20.6 Å². The highest BCUT2D eigenvalue weighted by Gasteiger charge is 2.38. The Labute approximate surface area is 162 Å². The van der Waals surface area contributed by atoms with Crippen LogP contribution in [0.15, 0.2) is 12.5 Å². The van der Waals surface area contributed by atoms with Crippen molar-refractivity contribution in [3.8, 4) is 0 Å². The standard InChI is InChI=1S/C17H26N6O5/c1-9(18)14(24)21-10(2)15(25)22-12(6-11-7-19-8-20-11)16(26)23-5-3-4-13(23)17(27)28/h7-10,12-13H,3-6,18H2,1-2H3,(H,19,20)(H,21,24)(H,22,25)(H,27,28). The van der Waals surface area contributed by atoms with Crippen LogP contribution >= 0.6 is 0 Å². The van der Waals surface area contributed by atoms with Gasteiger partial charge in [0.25, 0.3) is 0 Å². The average Bonchev–Trinajstić information content (AvgIpc) is 3.31. The Hall–Kier alpha value is -2.95. The van der Waals surface area contributed by atoms with Crippen LogP contribution in [-0.4, -0.2) is 74.4 Å². The monoisotopic (exact) mass is 394 g/mol. The molecule has 1 aliphatic heterocycles. The van der Waals surface area contributed by atoms with Crippen molar-refractivity contribution in [1.82, 2.24) is 25.5 Å². The number of carboxylic acid groups (broad SMARTS) is 1. The van der Waals surface area contributed by atoms with E-state index < -0.39 is 47.9 Å². The Morgan fingerprint density at radius 2 is 2.04 bits per heavy atom. The van der Waals surface area contributed by atoms with Crippen molar-refractivity contribution < 1.29 is 24.3 Å². The fourth-order valence-electron chi connectivity index (χ4n) is 3.01. The first-order valence-electron chi connectivity index (χ1n) is 9.07. The predicted octanol–water partition coefficient (Wildman–Crippen LogP) is -1.64. The summed E-state index contributed by atoms with van der Waals surface area (Å²) in [5.41, 5.74) is 6.09. The first-order valence-corrected chi connectivity index (χ1v) is 9.07. The Balaban J connectivity index is 2.13. The van der Waals surface area contributed by atoms with Crippen LogP contribution in [0.3, 0.4) is 0 Å². The maximum absolute atomic E-state index is 13.0. The van der Waals surface area contributed by atoms with Crippen LogP contribution in [0.25, 0.3) is 0 Å². The van der Waals surface area contributed by atoms with Gasteiger partial charge in [-0.1, -0.05) is 0 Å². The van der Waals surface area contributed by atoms with Crippen molar-refractivity contribution in [3.63, 3.8) is 0 Å². The molecule has 0 bridgehead atoms. The molecule has 1 aromatic heterocycles. The van der Waals surface area contributed by atoms with Crippen LogP contribution in [0, 0.1) is 0 Å². The van der Waals surface area contributed by atoms with Crippen LogP contribution in [0.1, 0.15) is 32.4 Å². The zero-order valence-electron chi connectivity index (χ0n) is 15.8. The Bertz CT molecular complexity index is 720. The molecule has 1 aliphatic rings. The van der Waals surface area contributed by atoms with Crippen molar-refractivity contribution in [2.75, 3.05) is 6.54 Å². The fraction of sp³-hybridized carbons (Fsp3) is 0.588. The van der Waals surface area contributed by atoms with Crippen LogP contribution in [0.2, 0.25) is 0 Å². The van der Waals surface area contributed by atoms with Crippen LogP contribution in [0.4, 0.5) is 0 Å². The van der Waals surface area contributed by atoms with E-state index in [1.54, 1.807) is 0 Å². The summed E-state index contributed by atoms with van der Waals surface area (Å²) >= 11 is 0. The summed E-state index contributed by atoms with van der Waals surface area (Å²) in [7, 11) is 0. The number of amides is 3. The van der Waals surface area contributed by atoms with E-state index in [9.17, 15) is 24.3 Å². The number of nitrogens with two attached hydrogens (primary N) is 1. The number of carboxylic acids is 1.